The van der Waals surface area contributed by atoms with Crippen molar-refractivity contribution >= 4 is 51.4 Å². The number of thioether (sulfide) groups is 1. The molecule has 0 saturated heterocycles. The van der Waals surface area contributed by atoms with E-state index in [-0.39, 0.29) is 17.6 Å². The molecule has 11 heteroatoms. The molecule has 0 aliphatic rings. The minimum absolute atomic E-state index is 0.129. The second-order valence-electron chi connectivity index (χ2n) is 6.52. The van der Waals surface area contributed by atoms with Crippen molar-refractivity contribution in [3.05, 3.63) is 51.4 Å². The lowest BCUT2D eigenvalue weighted by molar-refractivity contribution is -0.113. The van der Waals surface area contributed by atoms with Gasteiger partial charge >= 0.3 is 0 Å². The van der Waals surface area contributed by atoms with E-state index >= 15 is 0 Å². The van der Waals surface area contributed by atoms with Gasteiger partial charge in [0.1, 0.15) is 10.7 Å². The van der Waals surface area contributed by atoms with Crippen molar-refractivity contribution in [1.82, 2.24) is 24.6 Å². The summed E-state index contributed by atoms with van der Waals surface area (Å²) in [6.07, 6.45) is 2.47. The quantitative estimate of drug-likeness (QED) is 0.387. The molecular formula is C19H22N6O2S3. The Labute approximate surface area is 187 Å². The molecule has 0 radical (unpaired) electrons. The van der Waals surface area contributed by atoms with Gasteiger partial charge in [-0.05, 0) is 18.4 Å². The molecule has 0 spiro atoms. The van der Waals surface area contributed by atoms with E-state index in [2.05, 4.69) is 33.1 Å². The number of nitrogens with one attached hydrogen (secondary N) is 1. The molecule has 0 aromatic carbocycles. The maximum atomic E-state index is 12.4. The summed E-state index contributed by atoms with van der Waals surface area (Å²) in [5.41, 5.74) is 0.602. The summed E-state index contributed by atoms with van der Waals surface area (Å²) < 4.78 is 1.96. The van der Waals surface area contributed by atoms with Gasteiger partial charge in [-0.25, -0.2) is 4.98 Å². The van der Waals surface area contributed by atoms with E-state index in [1.807, 2.05) is 16.0 Å². The summed E-state index contributed by atoms with van der Waals surface area (Å²) in [4.78, 5) is 32.0. The molecule has 8 nitrogen and oxygen atoms in total. The molecule has 0 aliphatic carbocycles. The number of anilines is 1. The zero-order valence-electron chi connectivity index (χ0n) is 16.9. The number of allylic oxidation sites excluding steroid dienone is 1. The number of nitrogens with zero attached hydrogens (tertiary/aromatic N) is 5. The molecule has 0 aliphatic heterocycles. The minimum Gasteiger partial charge on any atom is -0.344 e. The first-order valence-electron chi connectivity index (χ1n) is 9.06. The molecule has 0 bridgehead atoms. The number of hydrogen-bond donors (Lipinski definition) is 1. The van der Waals surface area contributed by atoms with Crippen LogP contribution in [0.4, 0.5) is 5.13 Å². The fourth-order valence-corrected chi connectivity index (χ4v) is 5.05. The fourth-order valence-electron chi connectivity index (χ4n) is 2.57. The van der Waals surface area contributed by atoms with Crippen LogP contribution in [-0.2, 0) is 17.8 Å². The monoisotopic (exact) mass is 462 g/mol. The topological polar surface area (TPSA) is 93.0 Å². The third-order valence-electron chi connectivity index (χ3n) is 3.99. The van der Waals surface area contributed by atoms with E-state index < -0.39 is 0 Å². The predicted molar refractivity (Wildman–Crippen MR) is 122 cm³/mol. The molecule has 158 valence electrons. The zero-order valence-corrected chi connectivity index (χ0v) is 19.4. The van der Waals surface area contributed by atoms with E-state index in [4.69, 9.17) is 0 Å². The molecule has 0 fully saturated rings. The Bertz CT molecular complexity index is 1040. The third kappa shape index (κ3) is 5.35. The Morgan fingerprint density at radius 2 is 2.17 bits per heavy atom. The average molecular weight is 463 g/mol. The molecule has 30 heavy (non-hydrogen) atoms. The molecule has 3 heterocycles. The van der Waals surface area contributed by atoms with Gasteiger partial charge in [0.15, 0.2) is 10.3 Å². The average Bonchev–Trinajstić information content (AvgIpc) is 3.42. The summed E-state index contributed by atoms with van der Waals surface area (Å²) in [5, 5.41) is 14.4. The van der Waals surface area contributed by atoms with Crippen LogP contribution in [0.2, 0.25) is 0 Å². The van der Waals surface area contributed by atoms with Crippen LogP contribution in [0.25, 0.3) is 0 Å². The highest BCUT2D eigenvalue weighted by atomic mass is 32.2. The van der Waals surface area contributed by atoms with Crippen molar-refractivity contribution in [3.63, 3.8) is 0 Å². The fraction of sp³-hybridized carbons (Fsp3) is 0.316. The molecule has 3 rings (SSSR count). The van der Waals surface area contributed by atoms with Crippen molar-refractivity contribution in [2.75, 3.05) is 25.2 Å². The number of aryl methyl sites for hydroxylation is 1. The summed E-state index contributed by atoms with van der Waals surface area (Å²) in [5.74, 6) is 0.646. The van der Waals surface area contributed by atoms with Gasteiger partial charge in [-0.2, -0.15) is 0 Å². The maximum Gasteiger partial charge on any atom is 0.265 e. The molecule has 1 N–H and O–H groups in total. The first kappa shape index (κ1) is 22.2. The van der Waals surface area contributed by atoms with Crippen molar-refractivity contribution in [3.8, 4) is 0 Å². The van der Waals surface area contributed by atoms with Crippen LogP contribution < -0.4 is 5.32 Å². The highest BCUT2D eigenvalue weighted by Gasteiger charge is 2.19. The van der Waals surface area contributed by atoms with Crippen molar-refractivity contribution < 1.29 is 9.59 Å². The third-order valence-corrected chi connectivity index (χ3v) is 6.90. The van der Waals surface area contributed by atoms with Gasteiger partial charge in [0, 0.05) is 31.9 Å². The molecule has 2 amide bonds. The van der Waals surface area contributed by atoms with E-state index in [9.17, 15) is 9.59 Å². The van der Waals surface area contributed by atoms with Crippen molar-refractivity contribution in [1.29, 1.82) is 0 Å². The number of carbonyl (C=O) groups is 2. The molecule has 0 unspecified atom stereocenters. The van der Waals surface area contributed by atoms with Gasteiger partial charge in [0.05, 0.1) is 11.4 Å². The van der Waals surface area contributed by atoms with Crippen LogP contribution in [0.1, 0.15) is 26.1 Å². The van der Waals surface area contributed by atoms with E-state index in [0.29, 0.717) is 33.8 Å². The first-order valence-corrected chi connectivity index (χ1v) is 11.7. The summed E-state index contributed by atoms with van der Waals surface area (Å²) in [6.45, 7) is 6.13. The molecule has 0 saturated carbocycles. The second-order valence-corrected chi connectivity index (χ2v) is 9.50. The molecular weight excluding hydrogens is 440 g/mol. The van der Waals surface area contributed by atoms with Crippen LogP contribution in [0.15, 0.2) is 35.3 Å². The van der Waals surface area contributed by atoms with Crippen LogP contribution in [0, 0.1) is 6.92 Å². The number of aromatic nitrogens is 4. The lowest BCUT2D eigenvalue weighted by Crippen LogP contribution is -2.21. The highest BCUT2D eigenvalue weighted by Crippen LogP contribution is 2.25. The lowest BCUT2D eigenvalue weighted by atomic mass is 10.3. The van der Waals surface area contributed by atoms with Crippen LogP contribution in [0.5, 0.6) is 0 Å². The van der Waals surface area contributed by atoms with Gasteiger partial charge in [-0.15, -0.1) is 28.1 Å². The van der Waals surface area contributed by atoms with Gasteiger partial charge in [-0.3, -0.25) is 9.59 Å². The minimum atomic E-state index is -0.217. The Morgan fingerprint density at radius 3 is 2.83 bits per heavy atom. The number of hydrogen-bond acceptors (Lipinski definition) is 8. The number of thiazole rings is 1. The first-order chi connectivity index (χ1) is 14.4. The molecule has 3 aromatic rings. The SMILES string of the molecule is C=CCn1c(Cc2cccs2)nnc1SCC(=O)Nc1nc(C)c(C(=O)N(C)C)s1. The van der Waals surface area contributed by atoms with Crippen LogP contribution >= 0.6 is 34.4 Å². The Hall–Kier alpha value is -2.50. The second kappa shape index (κ2) is 10.0. The standard InChI is InChI=1S/C19H22N6O2S3/c1-5-8-25-14(10-13-7-6-9-28-13)22-23-19(25)29-11-15(26)21-18-20-12(2)16(30-18)17(27)24(3)4/h5-7,9H,1,8,10-11H2,2-4H3,(H,20,21,26). The van der Waals surface area contributed by atoms with Crippen LogP contribution in [0.3, 0.4) is 0 Å². The van der Waals surface area contributed by atoms with Crippen molar-refractivity contribution in [2.45, 2.75) is 25.0 Å². The van der Waals surface area contributed by atoms with Gasteiger partial charge in [0.2, 0.25) is 5.91 Å². The van der Waals surface area contributed by atoms with Gasteiger partial charge in [-0.1, -0.05) is 35.2 Å². The number of rotatable bonds is 9. The Balaban J connectivity index is 1.63. The smallest absolute Gasteiger partial charge is 0.265 e. The largest absolute Gasteiger partial charge is 0.344 e. The number of amides is 2. The lowest BCUT2D eigenvalue weighted by Gasteiger charge is -2.07. The normalized spacial score (nSPS) is 10.8. The Kier molecular flexibility index (Phi) is 7.40. The van der Waals surface area contributed by atoms with E-state index in [1.54, 1.807) is 38.4 Å². The molecule has 3 aromatic heterocycles. The highest BCUT2D eigenvalue weighted by molar-refractivity contribution is 7.99. The molecule has 0 atom stereocenters. The van der Waals surface area contributed by atoms with Crippen LogP contribution in [-0.4, -0.2) is 56.3 Å². The van der Waals surface area contributed by atoms with Crippen molar-refractivity contribution in [2.24, 2.45) is 0 Å². The van der Waals surface area contributed by atoms with E-state index in [0.717, 1.165) is 5.82 Å². The summed E-state index contributed by atoms with van der Waals surface area (Å²) >= 11 is 4.15. The maximum absolute atomic E-state index is 12.4. The summed E-state index contributed by atoms with van der Waals surface area (Å²) in [7, 11) is 3.37. The number of thiophene rings is 1. The zero-order chi connectivity index (χ0) is 21.7. The van der Waals surface area contributed by atoms with Gasteiger partial charge < -0.3 is 14.8 Å². The summed E-state index contributed by atoms with van der Waals surface area (Å²) in [6, 6.07) is 4.06. The predicted octanol–water partition coefficient (Wildman–Crippen LogP) is 3.31. The van der Waals surface area contributed by atoms with Gasteiger partial charge in [0.25, 0.3) is 5.91 Å². The Morgan fingerprint density at radius 1 is 1.37 bits per heavy atom. The number of carbonyl (C=O) groups excluding carboxylic acids is 2. The van der Waals surface area contributed by atoms with E-state index in [1.165, 1.54) is 32.9 Å².